The van der Waals surface area contributed by atoms with Gasteiger partial charge in [-0.3, -0.25) is 4.79 Å². The Morgan fingerprint density at radius 2 is 2.05 bits per heavy atom. The standard InChI is InChI=1S/C14H11ClN4OS/c15-13-6-5-12(21-13)14(20)17-7-10-1-3-11(4-2-10)19-9-16-8-18-19/h1-6,8-9H,7H2,(H,17,20). The molecule has 0 fully saturated rings. The quantitative estimate of drug-likeness (QED) is 0.804. The van der Waals surface area contributed by atoms with Gasteiger partial charge < -0.3 is 5.32 Å². The molecule has 0 spiro atoms. The third-order valence-electron chi connectivity index (χ3n) is 2.87. The van der Waals surface area contributed by atoms with Crippen LogP contribution in [0.2, 0.25) is 4.34 Å². The Labute approximate surface area is 130 Å². The fourth-order valence-electron chi connectivity index (χ4n) is 1.81. The highest BCUT2D eigenvalue weighted by molar-refractivity contribution is 7.17. The number of nitrogens with one attached hydrogen (secondary N) is 1. The second-order valence-electron chi connectivity index (χ2n) is 4.29. The van der Waals surface area contributed by atoms with E-state index in [1.165, 1.54) is 17.7 Å². The monoisotopic (exact) mass is 318 g/mol. The molecule has 0 aliphatic rings. The van der Waals surface area contributed by atoms with E-state index in [1.54, 1.807) is 23.1 Å². The fourth-order valence-corrected chi connectivity index (χ4v) is 2.77. The van der Waals surface area contributed by atoms with E-state index < -0.39 is 0 Å². The number of carbonyl (C=O) groups excluding carboxylic acids is 1. The van der Waals surface area contributed by atoms with Crippen LogP contribution in [0.4, 0.5) is 0 Å². The molecule has 106 valence electrons. The zero-order valence-corrected chi connectivity index (χ0v) is 12.4. The summed E-state index contributed by atoms with van der Waals surface area (Å²) in [5.74, 6) is -0.118. The predicted molar refractivity (Wildman–Crippen MR) is 81.9 cm³/mol. The van der Waals surface area contributed by atoms with Gasteiger partial charge in [-0.05, 0) is 29.8 Å². The molecule has 2 aromatic heterocycles. The Hall–Kier alpha value is -2.18. The minimum absolute atomic E-state index is 0.118. The number of rotatable bonds is 4. The Balaban J connectivity index is 1.62. The number of hydrogen-bond donors (Lipinski definition) is 1. The van der Waals surface area contributed by atoms with Gasteiger partial charge in [0, 0.05) is 6.54 Å². The van der Waals surface area contributed by atoms with Crippen LogP contribution in [0, 0.1) is 0 Å². The molecule has 0 radical (unpaired) electrons. The lowest BCUT2D eigenvalue weighted by atomic mass is 10.2. The van der Waals surface area contributed by atoms with Gasteiger partial charge in [0.05, 0.1) is 14.9 Å². The second kappa shape index (κ2) is 6.07. The number of carbonyl (C=O) groups is 1. The van der Waals surface area contributed by atoms with Gasteiger partial charge in [-0.15, -0.1) is 11.3 Å². The summed E-state index contributed by atoms with van der Waals surface area (Å²) in [5.41, 5.74) is 1.93. The van der Waals surface area contributed by atoms with E-state index in [9.17, 15) is 4.79 Å². The first-order valence-corrected chi connectivity index (χ1v) is 7.39. The number of thiophene rings is 1. The molecule has 0 unspecified atom stereocenters. The number of aromatic nitrogens is 3. The summed E-state index contributed by atoms with van der Waals surface area (Å²) in [6.07, 6.45) is 3.12. The van der Waals surface area contributed by atoms with Crippen molar-refractivity contribution < 1.29 is 4.79 Å². The van der Waals surface area contributed by atoms with Crippen LogP contribution in [0.5, 0.6) is 0 Å². The third kappa shape index (κ3) is 3.29. The van der Waals surface area contributed by atoms with Crippen LogP contribution in [0.3, 0.4) is 0 Å². The summed E-state index contributed by atoms with van der Waals surface area (Å²) in [5, 5.41) is 6.92. The molecule has 21 heavy (non-hydrogen) atoms. The van der Waals surface area contributed by atoms with E-state index in [-0.39, 0.29) is 5.91 Å². The third-order valence-corrected chi connectivity index (χ3v) is 4.10. The van der Waals surface area contributed by atoms with Gasteiger partial charge in [0.25, 0.3) is 5.91 Å². The summed E-state index contributed by atoms with van der Waals surface area (Å²) in [4.78, 5) is 16.4. The highest BCUT2D eigenvalue weighted by atomic mass is 35.5. The van der Waals surface area contributed by atoms with Gasteiger partial charge in [0.2, 0.25) is 0 Å². The number of nitrogens with zero attached hydrogens (tertiary/aromatic N) is 3. The van der Waals surface area contributed by atoms with Crippen LogP contribution in [0.25, 0.3) is 5.69 Å². The SMILES string of the molecule is O=C(NCc1ccc(-n2cncn2)cc1)c1ccc(Cl)s1. The van der Waals surface area contributed by atoms with Crippen molar-refractivity contribution in [3.8, 4) is 5.69 Å². The van der Waals surface area contributed by atoms with Gasteiger partial charge >= 0.3 is 0 Å². The second-order valence-corrected chi connectivity index (χ2v) is 6.01. The molecule has 0 aliphatic carbocycles. The van der Waals surface area contributed by atoms with Crippen LogP contribution in [0.1, 0.15) is 15.2 Å². The molecule has 7 heteroatoms. The van der Waals surface area contributed by atoms with E-state index >= 15 is 0 Å². The van der Waals surface area contributed by atoms with E-state index in [0.29, 0.717) is 15.8 Å². The maximum atomic E-state index is 11.9. The number of benzene rings is 1. The van der Waals surface area contributed by atoms with Crippen molar-refractivity contribution in [2.45, 2.75) is 6.54 Å². The summed E-state index contributed by atoms with van der Waals surface area (Å²) in [6.45, 7) is 0.464. The van der Waals surface area contributed by atoms with Gasteiger partial charge in [-0.2, -0.15) is 5.10 Å². The molecule has 3 aromatic rings. The van der Waals surface area contributed by atoms with Crippen LogP contribution in [-0.2, 0) is 6.54 Å². The van der Waals surface area contributed by atoms with Gasteiger partial charge in [0.15, 0.2) is 0 Å². The van der Waals surface area contributed by atoms with Crippen molar-refractivity contribution >= 4 is 28.8 Å². The number of amides is 1. The minimum atomic E-state index is -0.118. The Morgan fingerprint density at radius 1 is 1.24 bits per heavy atom. The molecule has 0 atom stereocenters. The summed E-state index contributed by atoms with van der Waals surface area (Å²) < 4.78 is 2.29. The van der Waals surface area contributed by atoms with Crippen molar-refractivity contribution in [2.75, 3.05) is 0 Å². The fraction of sp³-hybridized carbons (Fsp3) is 0.0714. The van der Waals surface area contributed by atoms with Crippen LogP contribution >= 0.6 is 22.9 Å². The highest BCUT2D eigenvalue weighted by Gasteiger charge is 2.08. The maximum Gasteiger partial charge on any atom is 0.261 e. The Morgan fingerprint density at radius 3 is 2.67 bits per heavy atom. The lowest BCUT2D eigenvalue weighted by molar-refractivity contribution is 0.0955. The average molecular weight is 319 g/mol. The van der Waals surface area contributed by atoms with Crippen molar-refractivity contribution in [3.63, 3.8) is 0 Å². The summed E-state index contributed by atoms with van der Waals surface area (Å²) in [7, 11) is 0. The van der Waals surface area contributed by atoms with E-state index in [4.69, 9.17) is 11.6 Å². The summed E-state index contributed by atoms with van der Waals surface area (Å²) in [6, 6.07) is 11.2. The number of hydrogen-bond acceptors (Lipinski definition) is 4. The molecule has 1 N–H and O–H groups in total. The zero-order chi connectivity index (χ0) is 14.7. The average Bonchev–Trinajstić information content (AvgIpc) is 3.16. The van der Waals surface area contributed by atoms with Gasteiger partial charge in [0.1, 0.15) is 12.7 Å². The Kier molecular flexibility index (Phi) is 3.98. The van der Waals surface area contributed by atoms with E-state index in [0.717, 1.165) is 11.3 Å². The van der Waals surface area contributed by atoms with Crippen LogP contribution in [-0.4, -0.2) is 20.7 Å². The normalized spacial score (nSPS) is 10.5. The lowest BCUT2D eigenvalue weighted by Crippen LogP contribution is -2.21. The molecule has 5 nitrogen and oxygen atoms in total. The molecular weight excluding hydrogens is 308 g/mol. The van der Waals surface area contributed by atoms with Crippen molar-refractivity contribution in [1.29, 1.82) is 0 Å². The molecule has 0 saturated heterocycles. The first-order valence-electron chi connectivity index (χ1n) is 6.20. The topological polar surface area (TPSA) is 59.8 Å². The number of halogens is 1. The largest absolute Gasteiger partial charge is 0.347 e. The first-order chi connectivity index (χ1) is 10.2. The van der Waals surface area contributed by atoms with Crippen LogP contribution in [0.15, 0.2) is 49.1 Å². The molecule has 1 aromatic carbocycles. The predicted octanol–water partition coefficient (Wildman–Crippen LogP) is 2.91. The van der Waals surface area contributed by atoms with Crippen molar-refractivity contribution in [2.24, 2.45) is 0 Å². The molecule has 0 bridgehead atoms. The molecular formula is C14H11ClN4OS. The minimum Gasteiger partial charge on any atom is -0.347 e. The lowest BCUT2D eigenvalue weighted by Gasteiger charge is -2.05. The molecule has 0 saturated carbocycles. The molecule has 1 amide bonds. The smallest absolute Gasteiger partial charge is 0.261 e. The first kappa shape index (κ1) is 13.8. The van der Waals surface area contributed by atoms with Gasteiger partial charge in [-0.25, -0.2) is 9.67 Å². The van der Waals surface area contributed by atoms with E-state index in [2.05, 4.69) is 15.4 Å². The molecule has 2 heterocycles. The highest BCUT2D eigenvalue weighted by Crippen LogP contribution is 2.21. The molecule has 0 aliphatic heterocycles. The van der Waals surface area contributed by atoms with E-state index in [1.807, 2.05) is 24.3 Å². The van der Waals surface area contributed by atoms with Gasteiger partial charge in [-0.1, -0.05) is 23.7 Å². The molecule has 3 rings (SSSR count). The van der Waals surface area contributed by atoms with Crippen molar-refractivity contribution in [3.05, 3.63) is 63.8 Å². The zero-order valence-electron chi connectivity index (χ0n) is 10.9. The summed E-state index contributed by atoms with van der Waals surface area (Å²) >= 11 is 7.08. The van der Waals surface area contributed by atoms with Crippen LogP contribution < -0.4 is 5.32 Å². The Bertz CT molecular complexity index is 737. The van der Waals surface area contributed by atoms with Crippen molar-refractivity contribution in [1.82, 2.24) is 20.1 Å². The maximum absolute atomic E-state index is 11.9.